The van der Waals surface area contributed by atoms with E-state index in [0.29, 0.717) is 23.7 Å². The van der Waals surface area contributed by atoms with Crippen LogP contribution in [0.25, 0.3) is 17.0 Å². The van der Waals surface area contributed by atoms with E-state index in [2.05, 4.69) is 5.10 Å². The number of imide groups is 1. The van der Waals surface area contributed by atoms with Crippen LogP contribution in [0.15, 0.2) is 47.5 Å². The average Bonchev–Trinajstić information content (AvgIpc) is 3.50. The molecule has 0 bridgehead atoms. The van der Waals surface area contributed by atoms with Gasteiger partial charge < -0.3 is 0 Å². The molecule has 36 heavy (non-hydrogen) atoms. The van der Waals surface area contributed by atoms with Crippen molar-refractivity contribution in [3.8, 4) is 0 Å². The number of benzene rings is 2. The van der Waals surface area contributed by atoms with Gasteiger partial charge in [0.2, 0.25) is 0 Å². The number of halogens is 3. The first-order valence-corrected chi connectivity index (χ1v) is 12.9. The molecule has 2 saturated heterocycles. The van der Waals surface area contributed by atoms with E-state index in [4.69, 9.17) is 11.6 Å². The van der Waals surface area contributed by atoms with E-state index in [-0.39, 0.29) is 17.5 Å². The van der Waals surface area contributed by atoms with Gasteiger partial charge in [-0.2, -0.15) is 5.10 Å². The van der Waals surface area contributed by atoms with Gasteiger partial charge in [-0.25, -0.2) is 8.78 Å². The van der Waals surface area contributed by atoms with E-state index in [1.807, 2.05) is 36.9 Å². The summed E-state index contributed by atoms with van der Waals surface area (Å²) >= 11 is 6.82. The summed E-state index contributed by atoms with van der Waals surface area (Å²) in [6, 6.07) is 10.1. The van der Waals surface area contributed by atoms with Gasteiger partial charge in [0.1, 0.15) is 12.8 Å². The number of hydrogen-bond acceptors (Lipinski definition) is 5. The lowest BCUT2D eigenvalue weighted by molar-refractivity contribution is -0.124. The molecule has 1 unspecified atom stereocenters. The molecule has 6 nitrogen and oxygen atoms in total. The van der Waals surface area contributed by atoms with Gasteiger partial charge in [0.25, 0.3) is 11.1 Å². The van der Waals surface area contributed by atoms with Crippen molar-refractivity contribution in [3.63, 3.8) is 0 Å². The Hall–Kier alpha value is -2.75. The molecular formula is C26H25ClF2N4O2S. The highest BCUT2D eigenvalue weighted by atomic mass is 35.5. The maximum Gasteiger partial charge on any atom is 0.293 e. The summed E-state index contributed by atoms with van der Waals surface area (Å²) < 4.78 is 29.9. The highest BCUT2D eigenvalue weighted by molar-refractivity contribution is 8.18. The van der Waals surface area contributed by atoms with Gasteiger partial charge in [-0.05, 0) is 72.6 Å². The summed E-state index contributed by atoms with van der Waals surface area (Å²) in [5, 5.41) is 5.33. The lowest BCUT2D eigenvalue weighted by Gasteiger charge is -2.23. The van der Waals surface area contributed by atoms with E-state index < -0.39 is 30.0 Å². The van der Waals surface area contributed by atoms with Gasteiger partial charge in [0.05, 0.1) is 29.2 Å². The third kappa shape index (κ3) is 4.67. The number of aromatic nitrogens is 2. The molecule has 2 aliphatic rings. The zero-order valence-electron chi connectivity index (χ0n) is 19.8. The number of alkyl halides is 2. The summed E-state index contributed by atoms with van der Waals surface area (Å²) in [5.74, 6) is -0.458. The maximum atomic E-state index is 14.7. The van der Waals surface area contributed by atoms with Crippen LogP contribution in [0, 0.1) is 0 Å². The van der Waals surface area contributed by atoms with Crippen LogP contribution in [0.4, 0.5) is 13.6 Å². The van der Waals surface area contributed by atoms with Crippen LogP contribution < -0.4 is 0 Å². The van der Waals surface area contributed by atoms with Crippen molar-refractivity contribution in [2.24, 2.45) is 0 Å². The second kappa shape index (κ2) is 9.95. The van der Waals surface area contributed by atoms with Gasteiger partial charge in [-0.1, -0.05) is 23.7 Å². The van der Waals surface area contributed by atoms with Crippen molar-refractivity contribution in [2.75, 3.05) is 13.1 Å². The number of thioether (sulfide) groups is 1. The van der Waals surface area contributed by atoms with E-state index >= 15 is 0 Å². The average molecular weight is 531 g/mol. The van der Waals surface area contributed by atoms with Gasteiger partial charge in [-0.3, -0.25) is 24.1 Å². The van der Waals surface area contributed by atoms with E-state index in [1.54, 1.807) is 35.2 Å². The largest absolute Gasteiger partial charge is 0.296 e. The molecule has 0 spiro atoms. The summed E-state index contributed by atoms with van der Waals surface area (Å²) in [6.07, 6.45) is 2.10. The molecule has 2 amide bonds. The number of rotatable bonds is 6. The van der Waals surface area contributed by atoms with Gasteiger partial charge >= 0.3 is 0 Å². The number of likely N-dealkylation sites (tertiary alicyclic amines) is 1. The summed E-state index contributed by atoms with van der Waals surface area (Å²) in [4.78, 5) is 29.0. The molecule has 188 valence electrons. The van der Waals surface area contributed by atoms with Crippen LogP contribution >= 0.6 is 23.4 Å². The molecule has 3 heterocycles. The fraction of sp³-hybridized carbons (Fsp3) is 0.346. The van der Waals surface area contributed by atoms with Crippen molar-refractivity contribution in [1.29, 1.82) is 0 Å². The van der Waals surface area contributed by atoms with Crippen molar-refractivity contribution in [2.45, 2.75) is 45.3 Å². The highest BCUT2D eigenvalue weighted by Gasteiger charge is 2.47. The van der Waals surface area contributed by atoms with Gasteiger partial charge in [-0.15, -0.1) is 0 Å². The summed E-state index contributed by atoms with van der Waals surface area (Å²) in [7, 11) is 0. The lowest BCUT2D eigenvalue weighted by Crippen LogP contribution is -2.44. The Labute approximate surface area is 216 Å². The van der Waals surface area contributed by atoms with Crippen LogP contribution in [0.5, 0.6) is 0 Å². The smallest absolute Gasteiger partial charge is 0.293 e. The normalized spacial score (nSPS) is 22.2. The Morgan fingerprint density at radius 3 is 2.69 bits per heavy atom. The molecule has 3 aromatic rings. The van der Waals surface area contributed by atoms with Crippen molar-refractivity contribution >= 4 is 51.5 Å². The van der Waals surface area contributed by atoms with E-state index in [0.717, 1.165) is 38.7 Å². The van der Waals surface area contributed by atoms with Crippen molar-refractivity contribution in [3.05, 3.63) is 69.2 Å². The number of carbonyl (C=O) groups is 2. The number of fused-ring (bicyclic) bond motifs is 1. The second-order valence-corrected chi connectivity index (χ2v) is 10.8. The Bertz CT molecular complexity index is 1380. The number of carbonyl (C=O) groups excluding carboxylic acids is 2. The first kappa shape index (κ1) is 24.9. The number of amides is 2. The Kier molecular flexibility index (Phi) is 6.89. The Morgan fingerprint density at radius 1 is 1.17 bits per heavy atom. The Morgan fingerprint density at radius 2 is 1.97 bits per heavy atom. The molecule has 2 fully saturated rings. The first-order chi connectivity index (χ1) is 17.2. The van der Waals surface area contributed by atoms with E-state index in [1.165, 1.54) is 0 Å². The molecule has 2 atom stereocenters. The van der Waals surface area contributed by atoms with Crippen LogP contribution in [0.3, 0.4) is 0 Å². The molecule has 1 aromatic heterocycles. The number of nitrogens with zero attached hydrogens (tertiary/aromatic N) is 4. The predicted molar refractivity (Wildman–Crippen MR) is 138 cm³/mol. The first-order valence-electron chi connectivity index (χ1n) is 11.7. The van der Waals surface area contributed by atoms with Crippen molar-refractivity contribution < 1.29 is 18.4 Å². The molecule has 2 aliphatic heterocycles. The highest BCUT2D eigenvalue weighted by Crippen LogP contribution is 2.37. The van der Waals surface area contributed by atoms with Gasteiger partial charge in [0, 0.05) is 29.5 Å². The third-order valence-electron chi connectivity index (χ3n) is 6.73. The predicted octanol–water partition coefficient (Wildman–Crippen LogP) is 5.67. The lowest BCUT2D eigenvalue weighted by atomic mass is 10.1. The minimum atomic E-state index is -1.26. The minimum Gasteiger partial charge on any atom is -0.296 e. The molecule has 0 aliphatic carbocycles. The number of hydrogen-bond donors (Lipinski definition) is 0. The fourth-order valence-electron chi connectivity index (χ4n) is 4.71. The second-order valence-electron chi connectivity index (χ2n) is 9.35. The van der Waals surface area contributed by atoms with Crippen LogP contribution in [-0.2, 0) is 18.0 Å². The summed E-state index contributed by atoms with van der Waals surface area (Å²) in [6.45, 7) is 4.26. The standard InChI is InChI=1S/C26H25ClF2N4O2S/c1-15(2)31-13-21(29)23(14-31)33-25(34)24(36-26(33)35)8-16-3-6-22-19(7-16)11-30-32(22)12-17-4-5-20(27)9-18(17)10-28/h3-9,11,15,21,23H,10,12-14H2,1-2H3/b24-8-/t21-,23?/m1/s1. The molecule has 0 radical (unpaired) electrons. The topological polar surface area (TPSA) is 58.4 Å². The van der Waals surface area contributed by atoms with E-state index in [9.17, 15) is 18.4 Å². The maximum absolute atomic E-state index is 14.7. The van der Waals surface area contributed by atoms with Crippen LogP contribution in [0.2, 0.25) is 5.02 Å². The minimum absolute atomic E-state index is 0.139. The molecule has 2 aromatic carbocycles. The fourth-order valence-corrected chi connectivity index (χ4v) is 5.79. The molecule has 5 rings (SSSR count). The molecule has 10 heteroatoms. The molecule has 0 saturated carbocycles. The zero-order chi connectivity index (χ0) is 25.6. The van der Waals surface area contributed by atoms with Crippen LogP contribution in [0.1, 0.15) is 30.5 Å². The zero-order valence-corrected chi connectivity index (χ0v) is 21.4. The Balaban J connectivity index is 1.36. The third-order valence-corrected chi connectivity index (χ3v) is 7.85. The van der Waals surface area contributed by atoms with Crippen LogP contribution in [-0.4, -0.2) is 62.1 Å². The monoisotopic (exact) mass is 530 g/mol. The quantitative estimate of drug-likeness (QED) is 0.384. The molecule has 0 N–H and O–H groups in total. The molecular weight excluding hydrogens is 506 g/mol. The van der Waals surface area contributed by atoms with Crippen molar-refractivity contribution in [1.82, 2.24) is 19.6 Å². The SMILES string of the molecule is CC(C)N1CC(N2C(=O)S/C(=C\c3ccc4c(cnn4Cc4ccc(Cl)cc4CF)c3)C2=O)[C@H](F)C1. The summed E-state index contributed by atoms with van der Waals surface area (Å²) in [5.41, 5.74) is 2.89. The van der Waals surface area contributed by atoms with Gasteiger partial charge in [0.15, 0.2) is 0 Å².